The van der Waals surface area contributed by atoms with Gasteiger partial charge in [-0.2, -0.15) is 0 Å². The Balaban J connectivity index is 2.09. The summed E-state index contributed by atoms with van der Waals surface area (Å²) in [6, 6.07) is 5.61. The van der Waals surface area contributed by atoms with Crippen molar-refractivity contribution in [3.8, 4) is 6.57 Å². The van der Waals surface area contributed by atoms with Crippen LogP contribution in [0.4, 0.5) is 5.69 Å². The van der Waals surface area contributed by atoms with E-state index < -0.39 is 12.0 Å². The van der Waals surface area contributed by atoms with E-state index in [0.29, 0.717) is 24.3 Å². The van der Waals surface area contributed by atoms with Crippen molar-refractivity contribution in [3.63, 3.8) is 0 Å². The quantitative estimate of drug-likeness (QED) is 0.764. The van der Waals surface area contributed by atoms with Crippen LogP contribution in [0.3, 0.4) is 0 Å². The molecule has 0 aliphatic heterocycles. The van der Waals surface area contributed by atoms with Crippen LogP contribution in [-0.4, -0.2) is 34.5 Å². The summed E-state index contributed by atoms with van der Waals surface area (Å²) in [6.45, 7) is 7.38. The van der Waals surface area contributed by atoms with Crippen molar-refractivity contribution < 1.29 is 14.3 Å². The second-order valence-electron chi connectivity index (χ2n) is 5.15. The summed E-state index contributed by atoms with van der Waals surface area (Å²) in [6.07, 6.45) is 4.09. The molecule has 7 nitrogen and oxygen atoms in total. The van der Waals surface area contributed by atoms with Gasteiger partial charge in [0.1, 0.15) is 6.04 Å². The smallest absolute Gasteiger partial charge is 0.339 e. The van der Waals surface area contributed by atoms with E-state index in [0.717, 1.165) is 5.69 Å². The van der Waals surface area contributed by atoms with Gasteiger partial charge >= 0.3 is 11.7 Å². The Hall–Kier alpha value is -3.14. The number of hydrogen-bond donors (Lipinski definition) is 2. The SMILES string of the molecule is C#[N+]c1ccc(C(=O)N[C@H](Cc2cnc[nH]2)C(=O)OCCC)cc1. The van der Waals surface area contributed by atoms with Crippen LogP contribution in [0.15, 0.2) is 36.8 Å². The van der Waals surface area contributed by atoms with Crippen LogP contribution in [-0.2, 0) is 16.0 Å². The van der Waals surface area contributed by atoms with Crippen molar-refractivity contribution in [2.75, 3.05) is 6.61 Å². The molecule has 0 radical (unpaired) electrons. The second kappa shape index (κ2) is 8.48. The average Bonchev–Trinajstić information content (AvgIpc) is 3.12. The summed E-state index contributed by atoms with van der Waals surface area (Å²) in [7, 11) is 0. The Morgan fingerprint density at radius 3 is 2.71 bits per heavy atom. The molecule has 1 atom stereocenters. The Morgan fingerprint density at radius 2 is 2.12 bits per heavy atom. The number of nitrogens with one attached hydrogen (secondary N) is 2. The molecule has 0 aliphatic carbocycles. The third kappa shape index (κ3) is 4.68. The van der Waals surface area contributed by atoms with Crippen LogP contribution in [0, 0.1) is 6.57 Å². The van der Waals surface area contributed by atoms with Crippen LogP contribution in [0.5, 0.6) is 0 Å². The lowest BCUT2D eigenvalue weighted by Crippen LogP contribution is -2.43. The normalized spacial score (nSPS) is 11.3. The van der Waals surface area contributed by atoms with Crippen LogP contribution in [0.25, 0.3) is 4.85 Å². The standard InChI is InChI=1S/C17H18N4O3/c1-3-8-24-17(23)15(9-14-10-19-11-20-14)21-16(22)12-4-6-13(18-2)7-5-12/h2,4-7,10-11,15H,3,8-9H2,1H3,(H-,19,20,21,22)/p+1/t15-/m1/s1. The minimum Gasteiger partial charge on any atom is -0.464 e. The fourth-order valence-corrected chi connectivity index (χ4v) is 2.05. The highest BCUT2D eigenvalue weighted by Crippen LogP contribution is 2.13. The van der Waals surface area contributed by atoms with E-state index in [1.54, 1.807) is 30.5 Å². The fraction of sp³-hybridized carbons (Fsp3) is 0.294. The van der Waals surface area contributed by atoms with Gasteiger partial charge in [-0.05, 0) is 23.4 Å². The van der Waals surface area contributed by atoms with Crippen LogP contribution < -0.4 is 5.32 Å². The van der Waals surface area contributed by atoms with Gasteiger partial charge in [-0.3, -0.25) is 4.79 Å². The lowest BCUT2D eigenvalue weighted by molar-refractivity contribution is -0.145. The molecular weight excluding hydrogens is 308 g/mol. The number of benzene rings is 1. The van der Waals surface area contributed by atoms with E-state index in [2.05, 4.69) is 20.1 Å². The number of imidazole rings is 1. The van der Waals surface area contributed by atoms with Gasteiger partial charge < -0.3 is 15.0 Å². The monoisotopic (exact) mass is 327 g/mol. The lowest BCUT2D eigenvalue weighted by Gasteiger charge is -2.17. The highest BCUT2D eigenvalue weighted by Gasteiger charge is 2.24. The largest absolute Gasteiger partial charge is 0.464 e. The summed E-state index contributed by atoms with van der Waals surface area (Å²) >= 11 is 0. The second-order valence-corrected chi connectivity index (χ2v) is 5.15. The van der Waals surface area contributed by atoms with Crippen molar-refractivity contribution in [2.45, 2.75) is 25.8 Å². The van der Waals surface area contributed by atoms with Gasteiger partial charge in [0, 0.05) is 36.0 Å². The van der Waals surface area contributed by atoms with Crippen molar-refractivity contribution >= 4 is 17.6 Å². The lowest BCUT2D eigenvalue weighted by atomic mass is 10.1. The van der Waals surface area contributed by atoms with Crippen LogP contribution in [0.1, 0.15) is 29.4 Å². The first-order valence-corrected chi connectivity index (χ1v) is 7.59. The molecule has 1 aromatic heterocycles. The molecule has 2 N–H and O–H groups in total. The third-order valence-electron chi connectivity index (χ3n) is 3.30. The average molecular weight is 327 g/mol. The first kappa shape index (κ1) is 17.2. The van der Waals surface area contributed by atoms with Gasteiger partial charge in [0.15, 0.2) is 0 Å². The third-order valence-corrected chi connectivity index (χ3v) is 3.30. The van der Waals surface area contributed by atoms with E-state index in [4.69, 9.17) is 11.3 Å². The predicted octanol–water partition coefficient (Wildman–Crippen LogP) is 2.30. The van der Waals surface area contributed by atoms with Gasteiger partial charge in [-0.25, -0.2) is 9.78 Å². The van der Waals surface area contributed by atoms with Crippen LogP contribution in [0.2, 0.25) is 0 Å². The Bertz CT molecular complexity index is 717. The van der Waals surface area contributed by atoms with E-state index in [1.807, 2.05) is 6.92 Å². The molecule has 0 unspecified atom stereocenters. The topological polar surface area (TPSA) is 88.4 Å². The molecule has 1 aromatic carbocycles. The number of rotatable bonds is 7. The van der Waals surface area contributed by atoms with Crippen molar-refractivity contribution in [3.05, 3.63) is 52.9 Å². The number of carbonyl (C=O) groups excluding carboxylic acids is 2. The number of amides is 1. The molecule has 1 heterocycles. The van der Waals surface area contributed by atoms with E-state index in [-0.39, 0.29) is 12.3 Å². The van der Waals surface area contributed by atoms with Crippen molar-refractivity contribution in [2.24, 2.45) is 0 Å². The fourth-order valence-electron chi connectivity index (χ4n) is 2.05. The first-order valence-electron chi connectivity index (χ1n) is 7.59. The number of hydrogen-bond acceptors (Lipinski definition) is 4. The molecule has 0 spiro atoms. The molecule has 1 amide bonds. The number of aromatic amines is 1. The molecule has 7 heteroatoms. The Kier molecular flexibility index (Phi) is 6.08. The maximum atomic E-state index is 12.4. The molecule has 0 saturated heterocycles. The number of carbonyl (C=O) groups is 2. The van der Waals surface area contributed by atoms with Crippen LogP contribution >= 0.6 is 0 Å². The molecule has 2 rings (SSSR count). The number of aromatic nitrogens is 2. The zero-order valence-electron chi connectivity index (χ0n) is 13.4. The van der Waals surface area contributed by atoms with Gasteiger partial charge in [0.2, 0.25) is 0 Å². The van der Waals surface area contributed by atoms with Gasteiger partial charge in [0.05, 0.1) is 12.9 Å². The molecule has 0 saturated carbocycles. The maximum Gasteiger partial charge on any atom is 0.339 e. The minimum atomic E-state index is -0.802. The summed E-state index contributed by atoms with van der Waals surface area (Å²) in [5, 5.41) is 2.69. The Labute approximate surface area is 139 Å². The minimum absolute atomic E-state index is 0.268. The maximum absolute atomic E-state index is 12.4. The zero-order chi connectivity index (χ0) is 17.4. The highest BCUT2D eigenvalue weighted by molar-refractivity contribution is 5.97. The predicted molar refractivity (Wildman–Crippen MR) is 89.2 cm³/mol. The van der Waals surface area contributed by atoms with Crippen molar-refractivity contribution in [1.82, 2.24) is 15.3 Å². The van der Waals surface area contributed by atoms with Crippen molar-refractivity contribution in [1.29, 1.82) is 0 Å². The van der Waals surface area contributed by atoms with E-state index >= 15 is 0 Å². The molecule has 0 fully saturated rings. The van der Waals surface area contributed by atoms with Gasteiger partial charge in [-0.15, -0.1) is 0 Å². The first-order chi connectivity index (χ1) is 11.6. The van der Waals surface area contributed by atoms with Gasteiger partial charge in [-0.1, -0.05) is 6.92 Å². The molecule has 124 valence electrons. The highest BCUT2D eigenvalue weighted by atomic mass is 16.5. The van der Waals surface area contributed by atoms with E-state index in [1.165, 1.54) is 6.33 Å². The number of H-pyrrole nitrogens is 1. The number of esters is 1. The summed E-state index contributed by atoms with van der Waals surface area (Å²) in [5.41, 5.74) is 1.69. The summed E-state index contributed by atoms with van der Waals surface area (Å²) in [4.78, 5) is 34.9. The molecular formula is C17H19N4O3+. The number of ether oxygens (including phenoxy) is 1. The summed E-state index contributed by atoms with van der Waals surface area (Å²) < 4.78 is 5.16. The van der Waals surface area contributed by atoms with E-state index in [9.17, 15) is 9.59 Å². The number of nitrogens with zero attached hydrogens (tertiary/aromatic N) is 2. The molecule has 0 aliphatic rings. The van der Waals surface area contributed by atoms with Gasteiger partial charge in [0.25, 0.3) is 12.5 Å². The molecule has 0 bridgehead atoms. The Morgan fingerprint density at radius 1 is 1.38 bits per heavy atom. The summed E-state index contributed by atoms with van der Waals surface area (Å²) in [5.74, 6) is -0.857. The molecule has 2 aromatic rings. The zero-order valence-corrected chi connectivity index (χ0v) is 13.4. The molecule has 24 heavy (non-hydrogen) atoms.